The minimum absolute atomic E-state index is 0.205. The summed E-state index contributed by atoms with van der Waals surface area (Å²) in [5.74, 6) is 0.205. The van der Waals surface area contributed by atoms with Crippen molar-refractivity contribution in [3.63, 3.8) is 0 Å². The van der Waals surface area contributed by atoms with Crippen molar-refractivity contribution in [1.29, 1.82) is 0 Å². The number of likely N-dealkylation sites (tertiary alicyclic amines) is 1. The average molecular weight is 261 g/mol. The van der Waals surface area contributed by atoms with E-state index in [0.717, 1.165) is 31.5 Å². The molecule has 0 saturated carbocycles. The van der Waals surface area contributed by atoms with Gasteiger partial charge in [0.1, 0.15) is 0 Å². The summed E-state index contributed by atoms with van der Waals surface area (Å²) in [5.41, 5.74) is 0.846. The molecule has 98 valence electrons. The summed E-state index contributed by atoms with van der Waals surface area (Å²) < 4.78 is 0. The molecule has 3 heteroatoms. The lowest BCUT2D eigenvalue weighted by Gasteiger charge is -2.27. The number of piperidine rings is 1. The molecule has 0 aromatic heterocycles. The third-order valence-corrected chi connectivity index (χ3v) is 5.71. The molecule has 1 amide bonds. The van der Waals surface area contributed by atoms with E-state index >= 15 is 0 Å². The van der Waals surface area contributed by atoms with E-state index in [9.17, 15) is 4.79 Å². The van der Waals surface area contributed by atoms with Gasteiger partial charge in [-0.15, -0.1) is 0 Å². The van der Waals surface area contributed by atoms with Gasteiger partial charge in [-0.3, -0.25) is 4.79 Å². The van der Waals surface area contributed by atoms with Crippen molar-refractivity contribution < 1.29 is 4.79 Å². The molecule has 0 aliphatic carbocycles. The Labute approximate surface area is 111 Å². The van der Waals surface area contributed by atoms with Gasteiger partial charge in [0, 0.05) is 18.7 Å². The van der Waals surface area contributed by atoms with Crippen LogP contribution in [0.4, 0.5) is 0 Å². The highest BCUT2D eigenvalue weighted by Crippen LogP contribution is 2.13. The first-order chi connectivity index (χ1) is 8.48. The lowest BCUT2D eigenvalue weighted by atomic mass is 10.1. The van der Waals surface area contributed by atoms with Crippen LogP contribution >= 0.6 is 0 Å². The van der Waals surface area contributed by atoms with E-state index in [1.807, 2.05) is 17.0 Å². The van der Waals surface area contributed by atoms with Crippen LogP contribution in [0.15, 0.2) is 24.3 Å². The molecule has 0 unspecified atom stereocenters. The Balaban J connectivity index is 2.11. The molecule has 0 bridgehead atoms. The van der Waals surface area contributed by atoms with Crippen molar-refractivity contribution in [3.8, 4) is 0 Å². The van der Waals surface area contributed by atoms with Crippen LogP contribution in [0, 0.1) is 0 Å². The molecule has 2 rings (SSSR count). The summed E-state index contributed by atoms with van der Waals surface area (Å²) >= 11 is 0. The lowest BCUT2D eigenvalue weighted by Crippen LogP contribution is -2.38. The Bertz CT molecular complexity index is 413. The van der Waals surface area contributed by atoms with Crippen LogP contribution in [-0.2, 0) is 0 Å². The second-order valence-electron chi connectivity index (χ2n) is 6.18. The maximum Gasteiger partial charge on any atom is 0.253 e. The monoisotopic (exact) mass is 261 g/mol. The van der Waals surface area contributed by atoms with Crippen molar-refractivity contribution in [1.82, 2.24) is 4.90 Å². The minimum Gasteiger partial charge on any atom is -0.339 e. The van der Waals surface area contributed by atoms with Crippen LogP contribution in [0.3, 0.4) is 0 Å². The molecule has 1 saturated heterocycles. The molecule has 1 aliphatic heterocycles. The van der Waals surface area contributed by atoms with E-state index in [1.165, 1.54) is 11.6 Å². The van der Waals surface area contributed by atoms with Crippen LogP contribution in [0.5, 0.6) is 0 Å². The molecule has 1 heterocycles. The van der Waals surface area contributed by atoms with Crippen molar-refractivity contribution >= 4 is 19.2 Å². The predicted octanol–water partition coefficient (Wildman–Crippen LogP) is 2.86. The van der Waals surface area contributed by atoms with E-state index in [2.05, 4.69) is 31.8 Å². The van der Waals surface area contributed by atoms with Gasteiger partial charge in [-0.1, -0.05) is 37.0 Å². The van der Waals surface area contributed by atoms with Crippen LogP contribution in [0.2, 0.25) is 19.6 Å². The fourth-order valence-electron chi connectivity index (χ4n) is 2.39. The molecular weight excluding hydrogens is 238 g/mol. The molecule has 0 spiro atoms. The van der Waals surface area contributed by atoms with Gasteiger partial charge in [0.15, 0.2) is 0 Å². The van der Waals surface area contributed by atoms with Gasteiger partial charge in [0.2, 0.25) is 0 Å². The maximum absolute atomic E-state index is 12.3. The van der Waals surface area contributed by atoms with E-state index in [-0.39, 0.29) is 5.91 Å². The van der Waals surface area contributed by atoms with E-state index in [1.54, 1.807) is 0 Å². The number of benzene rings is 1. The van der Waals surface area contributed by atoms with Gasteiger partial charge in [-0.25, -0.2) is 0 Å². The van der Waals surface area contributed by atoms with Gasteiger partial charge < -0.3 is 4.90 Å². The van der Waals surface area contributed by atoms with Crippen molar-refractivity contribution in [2.45, 2.75) is 38.9 Å². The number of rotatable bonds is 2. The molecular formula is C15H23NOSi. The minimum atomic E-state index is -1.26. The second-order valence-corrected chi connectivity index (χ2v) is 11.3. The van der Waals surface area contributed by atoms with Gasteiger partial charge >= 0.3 is 0 Å². The van der Waals surface area contributed by atoms with Gasteiger partial charge in [0.25, 0.3) is 5.91 Å². The van der Waals surface area contributed by atoms with Crippen LogP contribution in [-0.4, -0.2) is 32.0 Å². The highest BCUT2D eigenvalue weighted by molar-refractivity contribution is 6.88. The van der Waals surface area contributed by atoms with Gasteiger partial charge in [-0.2, -0.15) is 0 Å². The summed E-state index contributed by atoms with van der Waals surface area (Å²) in [7, 11) is -1.26. The number of nitrogens with zero attached hydrogens (tertiary/aromatic N) is 1. The van der Waals surface area contributed by atoms with E-state index < -0.39 is 8.07 Å². The first-order valence-corrected chi connectivity index (χ1v) is 10.4. The van der Waals surface area contributed by atoms with Crippen LogP contribution in [0.25, 0.3) is 0 Å². The smallest absolute Gasteiger partial charge is 0.253 e. The normalized spacial score (nSPS) is 16.7. The van der Waals surface area contributed by atoms with Crippen LogP contribution in [0.1, 0.15) is 29.6 Å². The van der Waals surface area contributed by atoms with Crippen molar-refractivity contribution in [3.05, 3.63) is 29.8 Å². The highest BCUT2D eigenvalue weighted by Gasteiger charge is 2.20. The van der Waals surface area contributed by atoms with Gasteiger partial charge in [-0.05, 0) is 31.4 Å². The first kappa shape index (κ1) is 13.3. The SMILES string of the molecule is C[Si](C)(C)c1ccc(C(=O)N2CCCCC2)cc1. The standard InChI is InChI=1S/C15H23NOSi/c1-18(2,3)14-9-7-13(8-10-14)15(17)16-11-5-4-6-12-16/h7-10H,4-6,11-12H2,1-3H3. The third-order valence-electron chi connectivity index (χ3n) is 3.64. The topological polar surface area (TPSA) is 20.3 Å². The largest absolute Gasteiger partial charge is 0.339 e. The summed E-state index contributed by atoms with van der Waals surface area (Å²) in [6.07, 6.45) is 3.57. The van der Waals surface area contributed by atoms with Crippen molar-refractivity contribution in [2.75, 3.05) is 13.1 Å². The number of carbonyl (C=O) groups is 1. The second kappa shape index (κ2) is 5.27. The van der Waals surface area contributed by atoms with Crippen molar-refractivity contribution in [2.24, 2.45) is 0 Å². The van der Waals surface area contributed by atoms with E-state index in [0.29, 0.717) is 0 Å². The summed E-state index contributed by atoms with van der Waals surface area (Å²) in [5, 5.41) is 1.41. The molecule has 1 fully saturated rings. The molecule has 1 aliphatic rings. The zero-order valence-corrected chi connectivity index (χ0v) is 12.7. The highest BCUT2D eigenvalue weighted by atomic mass is 28.3. The number of hydrogen-bond acceptors (Lipinski definition) is 1. The maximum atomic E-state index is 12.3. The summed E-state index contributed by atoms with van der Waals surface area (Å²) in [6, 6.07) is 8.29. The Kier molecular flexibility index (Phi) is 3.90. The Morgan fingerprint density at radius 1 is 1.00 bits per heavy atom. The Hall–Kier alpha value is -1.09. The Morgan fingerprint density at radius 3 is 2.06 bits per heavy atom. The molecule has 1 aromatic carbocycles. The number of hydrogen-bond donors (Lipinski definition) is 0. The molecule has 18 heavy (non-hydrogen) atoms. The molecule has 2 nitrogen and oxygen atoms in total. The molecule has 0 atom stereocenters. The van der Waals surface area contributed by atoms with Gasteiger partial charge in [0.05, 0.1) is 8.07 Å². The fourth-order valence-corrected chi connectivity index (χ4v) is 3.56. The quantitative estimate of drug-likeness (QED) is 0.750. The number of carbonyl (C=O) groups excluding carboxylic acids is 1. The average Bonchev–Trinajstić information content (AvgIpc) is 2.38. The van der Waals surface area contributed by atoms with Crippen LogP contribution < -0.4 is 5.19 Å². The summed E-state index contributed by atoms with van der Waals surface area (Å²) in [4.78, 5) is 14.3. The lowest BCUT2D eigenvalue weighted by molar-refractivity contribution is 0.0724. The molecule has 0 radical (unpaired) electrons. The fraction of sp³-hybridized carbons (Fsp3) is 0.533. The molecule has 0 N–H and O–H groups in total. The predicted molar refractivity (Wildman–Crippen MR) is 79.2 cm³/mol. The Morgan fingerprint density at radius 2 is 1.56 bits per heavy atom. The first-order valence-electron chi connectivity index (χ1n) is 6.88. The zero-order valence-electron chi connectivity index (χ0n) is 11.7. The molecule has 1 aromatic rings. The zero-order chi connectivity index (χ0) is 13.2. The third kappa shape index (κ3) is 3.02. The number of amides is 1. The van der Waals surface area contributed by atoms with E-state index in [4.69, 9.17) is 0 Å². The summed E-state index contributed by atoms with van der Waals surface area (Å²) in [6.45, 7) is 8.83.